The zero-order chi connectivity index (χ0) is 12.1. The highest BCUT2D eigenvalue weighted by atomic mass is 19.1. The average molecular weight is 231 g/mol. The van der Waals surface area contributed by atoms with E-state index in [1.165, 1.54) is 12.4 Å². The van der Waals surface area contributed by atoms with Crippen molar-refractivity contribution < 1.29 is 4.39 Å². The van der Waals surface area contributed by atoms with Crippen LogP contribution in [-0.4, -0.2) is 9.97 Å². The van der Waals surface area contributed by atoms with Crippen LogP contribution in [0.1, 0.15) is 18.2 Å². The van der Waals surface area contributed by atoms with Gasteiger partial charge in [-0.1, -0.05) is 25.1 Å². The molecule has 2 aromatic rings. The Hall–Kier alpha value is -1.97. The Labute approximate surface area is 99.7 Å². The van der Waals surface area contributed by atoms with Crippen molar-refractivity contribution in [3.05, 3.63) is 53.7 Å². The molecule has 0 bridgehead atoms. The van der Waals surface area contributed by atoms with Crippen molar-refractivity contribution in [1.82, 2.24) is 9.97 Å². The van der Waals surface area contributed by atoms with Gasteiger partial charge >= 0.3 is 0 Å². The van der Waals surface area contributed by atoms with Gasteiger partial charge in [-0.05, 0) is 12.5 Å². The van der Waals surface area contributed by atoms with Crippen molar-refractivity contribution in [1.29, 1.82) is 0 Å². The van der Waals surface area contributed by atoms with Gasteiger partial charge in [0, 0.05) is 23.9 Å². The molecule has 1 aromatic heterocycles. The van der Waals surface area contributed by atoms with Gasteiger partial charge in [-0.15, -0.1) is 0 Å². The molecule has 0 aliphatic rings. The second-order valence-corrected chi connectivity index (χ2v) is 3.69. The largest absolute Gasteiger partial charge is 0.366 e. The maximum absolute atomic E-state index is 13.4. The fourth-order valence-corrected chi connectivity index (χ4v) is 1.52. The number of anilines is 1. The first kappa shape index (κ1) is 11.5. The van der Waals surface area contributed by atoms with Crippen LogP contribution < -0.4 is 5.32 Å². The van der Waals surface area contributed by atoms with Crippen LogP contribution in [0, 0.1) is 5.82 Å². The highest BCUT2D eigenvalue weighted by Crippen LogP contribution is 2.10. The van der Waals surface area contributed by atoms with Crippen LogP contribution >= 0.6 is 0 Å². The van der Waals surface area contributed by atoms with Gasteiger partial charge in [0.25, 0.3) is 0 Å². The van der Waals surface area contributed by atoms with E-state index in [1.54, 1.807) is 12.1 Å². The van der Waals surface area contributed by atoms with Crippen molar-refractivity contribution in [2.75, 3.05) is 5.32 Å². The zero-order valence-electron chi connectivity index (χ0n) is 9.65. The summed E-state index contributed by atoms with van der Waals surface area (Å²) in [6.45, 7) is 2.45. The standard InChI is InChI=1S/C13H14FN3/c1-2-11-7-13(17-9-16-11)15-8-10-5-3-4-6-12(10)14/h3-7,9H,2,8H2,1H3,(H,15,16,17). The van der Waals surface area contributed by atoms with Gasteiger partial charge < -0.3 is 5.32 Å². The number of nitrogens with one attached hydrogen (secondary N) is 1. The Morgan fingerprint density at radius 1 is 1.24 bits per heavy atom. The molecule has 2 rings (SSSR count). The maximum Gasteiger partial charge on any atom is 0.129 e. The van der Waals surface area contributed by atoms with E-state index in [0.717, 1.165) is 17.9 Å². The molecule has 0 amide bonds. The normalized spacial score (nSPS) is 10.2. The van der Waals surface area contributed by atoms with Crippen LogP contribution in [0.4, 0.5) is 10.2 Å². The Balaban J connectivity index is 2.05. The van der Waals surface area contributed by atoms with Crippen LogP contribution in [0.5, 0.6) is 0 Å². The number of hydrogen-bond donors (Lipinski definition) is 1. The molecule has 0 aliphatic heterocycles. The quantitative estimate of drug-likeness (QED) is 0.879. The summed E-state index contributed by atoms with van der Waals surface area (Å²) in [5.74, 6) is 0.518. The van der Waals surface area contributed by atoms with E-state index >= 15 is 0 Å². The third-order valence-electron chi connectivity index (χ3n) is 2.50. The topological polar surface area (TPSA) is 37.8 Å². The van der Waals surface area contributed by atoms with Gasteiger partial charge in [0.15, 0.2) is 0 Å². The molecule has 0 atom stereocenters. The molecule has 0 saturated carbocycles. The predicted molar refractivity (Wildman–Crippen MR) is 65.1 cm³/mol. The van der Waals surface area contributed by atoms with Crippen LogP contribution in [0.15, 0.2) is 36.7 Å². The molecule has 0 saturated heterocycles. The average Bonchev–Trinajstić information content (AvgIpc) is 2.38. The summed E-state index contributed by atoms with van der Waals surface area (Å²) in [7, 11) is 0. The Morgan fingerprint density at radius 3 is 2.82 bits per heavy atom. The fraction of sp³-hybridized carbons (Fsp3) is 0.231. The molecule has 0 fully saturated rings. The lowest BCUT2D eigenvalue weighted by Crippen LogP contribution is -2.04. The van der Waals surface area contributed by atoms with E-state index < -0.39 is 0 Å². The minimum atomic E-state index is -0.204. The second-order valence-electron chi connectivity index (χ2n) is 3.69. The third kappa shape index (κ3) is 3.00. The lowest BCUT2D eigenvalue weighted by molar-refractivity contribution is 0.613. The Bertz CT molecular complexity index is 500. The molecular weight excluding hydrogens is 217 g/mol. The molecule has 1 aromatic carbocycles. The van der Waals surface area contributed by atoms with Crippen molar-refractivity contribution in [2.24, 2.45) is 0 Å². The first-order valence-corrected chi connectivity index (χ1v) is 5.58. The third-order valence-corrected chi connectivity index (χ3v) is 2.50. The molecule has 0 radical (unpaired) electrons. The minimum Gasteiger partial charge on any atom is -0.366 e. The Morgan fingerprint density at radius 2 is 2.06 bits per heavy atom. The molecule has 0 spiro atoms. The molecule has 3 nitrogen and oxygen atoms in total. The zero-order valence-corrected chi connectivity index (χ0v) is 9.65. The van der Waals surface area contributed by atoms with Gasteiger partial charge in [-0.3, -0.25) is 0 Å². The van der Waals surface area contributed by atoms with E-state index in [0.29, 0.717) is 12.1 Å². The molecule has 4 heteroatoms. The number of hydrogen-bond acceptors (Lipinski definition) is 3. The minimum absolute atomic E-state index is 0.204. The van der Waals surface area contributed by atoms with E-state index in [4.69, 9.17) is 0 Å². The summed E-state index contributed by atoms with van der Waals surface area (Å²) in [6.07, 6.45) is 2.37. The molecule has 17 heavy (non-hydrogen) atoms. The van der Waals surface area contributed by atoms with Crippen LogP contribution in [0.25, 0.3) is 0 Å². The lowest BCUT2D eigenvalue weighted by atomic mass is 10.2. The summed E-state index contributed by atoms with van der Waals surface area (Å²) in [6, 6.07) is 8.58. The van der Waals surface area contributed by atoms with E-state index in [1.807, 2.05) is 19.1 Å². The van der Waals surface area contributed by atoms with Crippen LogP contribution in [0.2, 0.25) is 0 Å². The van der Waals surface area contributed by atoms with E-state index in [9.17, 15) is 4.39 Å². The Kier molecular flexibility index (Phi) is 3.65. The number of halogens is 1. The molecule has 1 heterocycles. The van der Waals surface area contributed by atoms with Crippen molar-refractivity contribution >= 4 is 5.82 Å². The number of aromatic nitrogens is 2. The van der Waals surface area contributed by atoms with Gasteiger partial charge in [0.05, 0.1) is 0 Å². The predicted octanol–water partition coefficient (Wildman–Crippen LogP) is 2.79. The number of benzene rings is 1. The van der Waals surface area contributed by atoms with Crippen molar-refractivity contribution in [2.45, 2.75) is 19.9 Å². The van der Waals surface area contributed by atoms with Gasteiger partial charge in [0.2, 0.25) is 0 Å². The fourth-order valence-electron chi connectivity index (χ4n) is 1.52. The van der Waals surface area contributed by atoms with E-state index in [-0.39, 0.29) is 5.82 Å². The monoisotopic (exact) mass is 231 g/mol. The second kappa shape index (κ2) is 5.39. The highest BCUT2D eigenvalue weighted by Gasteiger charge is 2.01. The molecule has 88 valence electrons. The SMILES string of the molecule is CCc1cc(NCc2ccccc2F)ncn1. The summed E-state index contributed by atoms with van der Waals surface area (Å²) < 4.78 is 13.4. The molecule has 1 N–H and O–H groups in total. The van der Waals surface area contributed by atoms with Gasteiger partial charge in [0.1, 0.15) is 18.0 Å². The number of nitrogens with zero attached hydrogens (tertiary/aromatic N) is 2. The molecular formula is C13H14FN3. The maximum atomic E-state index is 13.4. The molecule has 0 aliphatic carbocycles. The summed E-state index contributed by atoms with van der Waals surface area (Å²) in [4.78, 5) is 8.19. The lowest BCUT2D eigenvalue weighted by Gasteiger charge is -2.07. The summed E-state index contributed by atoms with van der Waals surface area (Å²) >= 11 is 0. The smallest absolute Gasteiger partial charge is 0.129 e. The first-order chi connectivity index (χ1) is 8.29. The number of rotatable bonds is 4. The van der Waals surface area contributed by atoms with Crippen molar-refractivity contribution in [3.8, 4) is 0 Å². The highest BCUT2D eigenvalue weighted by molar-refractivity contribution is 5.36. The van der Waals surface area contributed by atoms with E-state index in [2.05, 4.69) is 15.3 Å². The van der Waals surface area contributed by atoms with Crippen molar-refractivity contribution in [3.63, 3.8) is 0 Å². The molecule has 0 unspecified atom stereocenters. The summed E-state index contributed by atoms with van der Waals surface area (Å²) in [5, 5.41) is 3.09. The first-order valence-electron chi connectivity index (χ1n) is 5.58. The van der Waals surface area contributed by atoms with Crippen LogP contribution in [0.3, 0.4) is 0 Å². The number of aryl methyl sites for hydroxylation is 1. The summed E-state index contributed by atoms with van der Waals surface area (Å²) in [5.41, 5.74) is 1.60. The van der Waals surface area contributed by atoms with Crippen LogP contribution in [-0.2, 0) is 13.0 Å². The van der Waals surface area contributed by atoms with Gasteiger partial charge in [-0.2, -0.15) is 0 Å². The van der Waals surface area contributed by atoms with Gasteiger partial charge in [-0.25, -0.2) is 14.4 Å².